The number of fused-ring (bicyclic) bond motifs is 1. The number of carbonyl (C=O) groups is 3. The van der Waals surface area contributed by atoms with E-state index in [4.69, 9.17) is 4.74 Å². The zero-order valence-corrected chi connectivity index (χ0v) is 18.7. The van der Waals surface area contributed by atoms with Crippen molar-refractivity contribution in [2.24, 2.45) is 11.8 Å². The Bertz CT molecular complexity index is 810. The molecule has 3 rings (SSSR count). The Morgan fingerprint density at radius 1 is 1.19 bits per heavy atom. The van der Waals surface area contributed by atoms with Crippen LogP contribution in [0.5, 0.6) is 0 Å². The van der Waals surface area contributed by atoms with Gasteiger partial charge in [-0.1, -0.05) is 42.5 Å². The number of allylic oxidation sites excluding steroid dienone is 2. The van der Waals surface area contributed by atoms with Crippen LogP contribution in [0.1, 0.15) is 44.6 Å². The molecule has 0 radical (unpaired) electrons. The number of hydrogen-bond donors (Lipinski definition) is 2. The topological polar surface area (TPSA) is 95.9 Å². The predicted octanol–water partition coefficient (Wildman–Crippen LogP) is 2.23. The first kappa shape index (κ1) is 24.0. The van der Waals surface area contributed by atoms with Crippen LogP contribution in [0.3, 0.4) is 0 Å². The van der Waals surface area contributed by atoms with Crippen molar-refractivity contribution in [3.8, 4) is 0 Å². The minimum Gasteiger partial charge on any atom is -0.463 e. The SMILES string of the molecule is C[C@@H](CO)NC(=O)C[C@H]1CC=CC[C@H](Cc2ccccc2)C(=O)OC[C@@H]2CCCN2C1=O. The second-order valence-corrected chi connectivity index (χ2v) is 8.84. The summed E-state index contributed by atoms with van der Waals surface area (Å²) in [4.78, 5) is 40.2. The highest BCUT2D eigenvalue weighted by molar-refractivity contribution is 5.86. The molecule has 7 heteroatoms. The van der Waals surface area contributed by atoms with E-state index in [0.29, 0.717) is 25.8 Å². The quantitative estimate of drug-likeness (QED) is 0.520. The van der Waals surface area contributed by atoms with Crippen molar-refractivity contribution in [1.29, 1.82) is 0 Å². The van der Waals surface area contributed by atoms with Crippen LogP contribution >= 0.6 is 0 Å². The van der Waals surface area contributed by atoms with Gasteiger partial charge in [-0.25, -0.2) is 0 Å². The average molecular weight is 443 g/mol. The highest BCUT2D eigenvalue weighted by Gasteiger charge is 2.35. The van der Waals surface area contributed by atoms with E-state index < -0.39 is 5.92 Å². The Labute approximate surface area is 189 Å². The molecule has 0 unspecified atom stereocenters. The van der Waals surface area contributed by atoms with E-state index in [1.807, 2.05) is 42.5 Å². The summed E-state index contributed by atoms with van der Waals surface area (Å²) < 4.78 is 5.67. The van der Waals surface area contributed by atoms with Gasteiger partial charge in [0.05, 0.1) is 24.5 Å². The van der Waals surface area contributed by atoms with Crippen LogP contribution in [0.25, 0.3) is 0 Å². The van der Waals surface area contributed by atoms with Gasteiger partial charge in [0.2, 0.25) is 11.8 Å². The molecule has 32 heavy (non-hydrogen) atoms. The number of rotatable bonds is 6. The third-order valence-corrected chi connectivity index (χ3v) is 6.21. The van der Waals surface area contributed by atoms with Gasteiger partial charge < -0.3 is 20.1 Å². The zero-order valence-electron chi connectivity index (χ0n) is 18.7. The van der Waals surface area contributed by atoms with Crippen LogP contribution < -0.4 is 5.32 Å². The van der Waals surface area contributed by atoms with Crippen molar-refractivity contribution in [2.75, 3.05) is 19.8 Å². The van der Waals surface area contributed by atoms with Crippen LogP contribution in [-0.2, 0) is 25.5 Å². The first-order chi connectivity index (χ1) is 15.5. The lowest BCUT2D eigenvalue weighted by molar-refractivity contribution is -0.152. The molecular formula is C25H34N2O5. The molecule has 0 aliphatic carbocycles. The van der Waals surface area contributed by atoms with Gasteiger partial charge in [-0.2, -0.15) is 0 Å². The third-order valence-electron chi connectivity index (χ3n) is 6.21. The molecule has 0 aromatic heterocycles. The maximum atomic E-state index is 13.2. The fraction of sp³-hybridized carbons (Fsp3) is 0.560. The van der Waals surface area contributed by atoms with Gasteiger partial charge in [0.1, 0.15) is 6.61 Å². The molecule has 4 atom stereocenters. The van der Waals surface area contributed by atoms with Crippen molar-refractivity contribution in [2.45, 2.75) is 57.5 Å². The molecule has 1 aromatic rings. The summed E-state index contributed by atoms with van der Waals surface area (Å²) in [5, 5.41) is 11.9. The number of aliphatic hydroxyl groups excluding tert-OH is 1. The van der Waals surface area contributed by atoms with Gasteiger partial charge in [-0.3, -0.25) is 14.4 Å². The molecule has 2 aliphatic heterocycles. The maximum absolute atomic E-state index is 13.2. The molecule has 0 saturated carbocycles. The van der Waals surface area contributed by atoms with E-state index >= 15 is 0 Å². The summed E-state index contributed by atoms with van der Waals surface area (Å²) in [6.07, 6.45) is 7.12. The fourth-order valence-corrected chi connectivity index (χ4v) is 4.39. The summed E-state index contributed by atoms with van der Waals surface area (Å²) in [7, 11) is 0. The van der Waals surface area contributed by atoms with Crippen LogP contribution in [-0.4, -0.2) is 59.6 Å². The van der Waals surface area contributed by atoms with E-state index in [2.05, 4.69) is 5.32 Å². The maximum Gasteiger partial charge on any atom is 0.309 e. The van der Waals surface area contributed by atoms with Gasteiger partial charge in [0.25, 0.3) is 0 Å². The molecule has 0 spiro atoms. The number of esters is 1. The zero-order chi connectivity index (χ0) is 22.9. The lowest BCUT2D eigenvalue weighted by atomic mass is 9.94. The van der Waals surface area contributed by atoms with Gasteiger partial charge in [0.15, 0.2) is 0 Å². The Morgan fingerprint density at radius 2 is 1.91 bits per heavy atom. The van der Waals surface area contributed by atoms with Gasteiger partial charge >= 0.3 is 5.97 Å². The Kier molecular flexibility index (Phi) is 8.85. The van der Waals surface area contributed by atoms with Crippen LogP contribution in [0, 0.1) is 11.8 Å². The normalized spacial score (nSPS) is 25.3. The minimum absolute atomic E-state index is 0.0681. The number of nitrogens with zero attached hydrogens (tertiary/aromatic N) is 1. The molecule has 174 valence electrons. The van der Waals surface area contributed by atoms with E-state index in [0.717, 1.165) is 18.4 Å². The van der Waals surface area contributed by atoms with E-state index in [-0.39, 0.29) is 55.4 Å². The van der Waals surface area contributed by atoms with Gasteiger partial charge in [-0.05, 0) is 44.6 Å². The Hall–Kier alpha value is -2.67. The number of cyclic esters (lactones) is 1. The third kappa shape index (κ3) is 6.66. The number of nitrogens with one attached hydrogen (secondary N) is 1. The predicted molar refractivity (Wildman–Crippen MR) is 121 cm³/mol. The summed E-state index contributed by atoms with van der Waals surface area (Å²) >= 11 is 0. The van der Waals surface area contributed by atoms with Crippen molar-refractivity contribution in [3.63, 3.8) is 0 Å². The number of ether oxygens (including phenoxy) is 1. The minimum atomic E-state index is -0.472. The van der Waals surface area contributed by atoms with Crippen LogP contribution in [0.2, 0.25) is 0 Å². The lowest BCUT2D eigenvalue weighted by Crippen LogP contribution is -2.44. The summed E-state index contributed by atoms with van der Waals surface area (Å²) in [5.74, 6) is -1.30. The van der Waals surface area contributed by atoms with E-state index in [1.54, 1.807) is 11.8 Å². The first-order valence-corrected chi connectivity index (χ1v) is 11.5. The number of carbonyl (C=O) groups excluding carboxylic acids is 3. The van der Waals surface area contributed by atoms with Gasteiger partial charge in [-0.15, -0.1) is 0 Å². The average Bonchev–Trinajstić information content (AvgIpc) is 3.26. The highest BCUT2D eigenvalue weighted by atomic mass is 16.5. The first-order valence-electron chi connectivity index (χ1n) is 11.5. The second-order valence-electron chi connectivity index (χ2n) is 8.84. The van der Waals surface area contributed by atoms with Crippen molar-refractivity contribution < 1.29 is 24.2 Å². The molecule has 0 bridgehead atoms. The molecule has 2 amide bonds. The number of aliphatic hydroxyl groups is 1. The summed E-state index contributed by atoms with van der Waals surface area (Å²) in [6.45, 7) is 2.38. The lowest BCUT2D eigenvalue weighted by Gasteiger charge is -2.29. The molecule has 2 heterocycles. The van der Waals surface area contributed by atoms with E-state index in [9.17, 15) is 19.5 Å². The Morgan fingerprint density at radius 3 is 2.62 bits per heavy atom. The smallest absolute Gasteiger partial charge is 0.309 e. The second kappa shape index (κ2) is 11.8. The van der Waals surface area contributed by atoms with Crippen LogP contribution in [0.15, 0.2) is 42.5 Å². The van der Waals surface area contributed by atoms with Gasteiger partial charge in [0, 0.05) is 19.0 Å². The van der Waals surface area contributed by atoms with E-state index in [1.165, 1.54) is 0 Å². The summed E-state index contributed by atoms with van der Waals surface area (Å²) in [5.41, 5.74) is 1.08. The van der Waals surface area contributed by atoms with Crippen LogP contribution in [0.4, 0.5) is 0 Å². The molecule has 1 fully saturated rings. The monoisotopic (exact) mass is 442 g/mol. The fourth-order valence-electron chi connectivity index (χ4n) is 4.39. The molecule has 1 aromatic carbocycles. The molecule has 2 N–H and O–H groups in total. The largest absolute Gasteiger partial charge is 0.463 e. The summed E-state index contributed by atoms with van der Waals surface area (Å²) in [6, 6.07) is 9.39. The number of benzene rings is 1. The Balaban J connectivity index is 1.74. The van der Waals surface area contributed by atoms with Crippen molar-refractivity contribution >= 4 is 17.8 Å². The molecule has 1 saturated heterocycles. The number of amides is 2. The number of hydrogen-bond acceptors (Lipinski definition) is 5. The van der Waals surface area contributed by atoms with Crippen molar-refractivity contribution in [1.82, 2.24) is 10.2 Å². The standard InChI is InChI=1S/C25H34N2O5/c1-18(16-28)26-23(29)15-20-10-5-6-11-21(14-19-8-3-2-4-9-19)25(31)32-17-22-12-7-13-27(22)24(20)30/h2-6,8-9,18,20-22,28H,7,10-17H2,1H3,(H,26,29)/t18-,20+,21+,22-/m0/s1. The van der Waals surface area contributed by atoms with Crippen molar-refractivity contribution in [3.05, 3.63) is 48.0 Å². The highest BCUT2D eigenvalue weighted by Crippen LogP contribution is 2.25. The molecular weight excluding hydrogens is 408 g/mol. The molecule has 7 nitrogen and oxygen atoms in total. The molecule has 2 aliphatic rings.